The number of anilines is 2. The van der Waals surface area contributed by atoms with E-state index in [1.807, 2.05) is 26.0 Å². The molecule has 276 valence electrons. The summed E-state index contributed by atoms with van der Waals surface area (Å²) >= 11 is 0. The summed E-state index contributed by atoms with van der Waals surface area (Å²) in [6.07, 6.45) is 12.3. The van der Waals surface area contributed by atoms with E-state index in [1.54, 1.807) is 24.8 Å². The number of carbonyl (C=O) groups is 4. The third-order valence-electron chi connectivity index (χ3n) is 12.7. The molecular formula is C38H50N10O4. The molecule has 9 rings (SSSR count). The number of carbonyl (C=O) groups excluding carboxylic acids is 4. The van der Waals surface area contributed by atoms with E-state index >= 15 is 0 Å². The van der Waals surface area contributed by atoms with Crippen molar-refractivity contribution in [1.82, 2.24) is 39.5 Å². The first kappa shape index (κ1) is 34.8. The van der Waals surface area contributed by atoms with Crippen molar-refractivity contribution in [2.24, 2.45) is 35.0 Å². The van der Waals surface area contributed by atoms with E-state index in [2.05, 4.69) is 45.6 Å². The van der Waals surface area contributed by atoms with Gasteiger partial charge >= 0.3 is 0 Å². The van der Waals surface area contributed by atoms with Crippen molar-refractivity contribution < 1.29 is 19.2 Å². The zero-order valence-corrected chi connectivity index (χ0v) is 30.3. The first-order chi connectivity index (χ1) is 25.3. The summed E-state index contributed by atoms with van der Waals surface area (Å²) in [6, 6.07) is 3.64. The van der Waals surface area contributed by atoms with Crippen molar-refractivity contribution in [3.8, 4) is 0 Å². The van der Waals surface area contributed by atoms with Gasteiger partial charge in [-0.2, -0.15) is 0 Å². The number of rotatable bonds is 12. The largest absolute Gasteiger partial charge is 0.338 e. The van der Waals surface area contributed by atoms with E-state index in [9.17, 15) is 19.2 Å². The Kier molecular flexibility index (Phi) is 9.53. The molecule has 52 heavy (non-hydrogen) atoms. The van der Waals surface area contributed by atoms with Gasteiger partial charge in [-0.1, -0.05) is 18.6 Å². The number of hydrogen-bond acceptors (Lipinski definition) is 12. The molecule has 6 heterocycles. The third kappa shape index (κ3) is 6.07. The van der Waals surface area contributed by atoms with Gasteiger partial charge in [-0.15, -0.1) is 0 Å². The minimum absolute atomic E-state index is 0.161. The molecule has 2 aromatic rings. The molecule has 14 heteroatoms. The van der Waals surface area contributed by atoms with Gasteiger partial charge in [-0.3, -0.25) is 38.8 Å². The molecule has 2 aromatic heterocycles. The van der Waals surface area contributed by atoms with Crippen LogP contribution < -0.4 is 9.80 Å². The predicted molar refractivity (Wildman–Crippen MR) is 193 cm³/mol. The van der Waals surface area contributed by atoms with Gasteiger partial charge in [0.15, 0.2) is 0 Å². The summed E-state index contributed by atoms with van der Waals surface area (Å²) in [5.74, 6) is -1.88. The van der Waals surface area contributed by atoms with Gasteiger partial charge in [0.05, 0.1) is 23.7 Å². The molecule has 14 nitrogen and oxygen atoms in total. The van der Waals surface area contributed by atoms with Crippen LogP contribution in [0.4, 0.5) is 11.9 Å². The summed E-state index contributed by atoms with van der Waals surface area (Å²) in [6.45, 7) is 13.6. The molecule has 4 aliphatic heterocycles. The van der Waals surface area contributed by atoms with Gasteiger partial charge in [0.25, 0.3) is 0 Å². The monoisotopic (exact) mass is 710 g/mol. The Morgan fingerprint density at radius 1 is 0.558 bits per heavy atom. The fourth-order valence-corrected chi connectivity index (χ4v) is 10.2. The van der Waals surface area contributed by atoms with Crippen molar-refractivity contribution >= 4 is 35.5 Å². The maximum Gasteiger partial charge on any atom is 0.234 e. The van der Waals surface area contributed by atoms with Crippen LogP contribution in [0.5, 0.6) is 0 Å². The van der Waals surface area contributed by atoms with Gasteiger partial charge in [0.2, 0.25) is 35.5 Å². The highest BCUT2D eigenvalue weighted by Gasteiger charge is 2.73. The first-order valence-electron chi connectivity index (χ1n) is 19.1. The zero-order valence-electron chi connectivity index (χ0n) is 30.3. The number of imide groups is 2. The van der Waals surface area contributed by atoms with Crippen molar-refractivity contribution in [2.45, 2.75) is 39.5 Å². The molecule has 4 unspecified atom stereocenters. The summed E-state index contributed by atoms with van der Waals surface area (Å²) in [5, 5.41) is 0. The number of likely N-dealkylation sites (tertiary alicyclic amines) is 2. The SMILES string of the molecule is CC1=CC2(C)C3C(=O)N(CCCCN4CCN(c5ncccn5)CC4)C(=O)C3C1C1C(=O)N(CCCCN3CCN(c4ncccn4)CC3)C(=O)C12. The highest BCUT2D eigenvalue weighted by molar-refractivity contribution is 6.11. The molecule has 5 fully saturated rings. The lowest BCUT2D eigenvalue weighted by Crippen LogP contribution is -2.57. The second-order valence-electron chi connectivity index (χ2n) is 15.6. The van der Waals surface area contributed by atoms with E-state index in [0.29, 0.717) is 13.1 Å². The van der Waals surface area contributed by atoms with Crippen LogP contribution >= 0.6 is 0 Å². The van der Waals surface area contributed by atoms with Crippen LogP contribution in [0.25, 0.3) is 0 Å². The average Bonchev–Trinajstić information content (AvgIpc) is 3.58. The van der Waals surface area contributed by atoms with Gasteiger partial charge in [0.1, 0.15) is 0 Å². The predicted octanol–water partition coefficient (Wildman–Crippen LogP) is 1.57. The van der Waals surface area contributed by atoms with E-state index in [-0.39, 0.29) is 23.6 Å². The Morgan fingerprint density at radius 2 is 0.942 bits per heavy atom. The van der Waals surface area contributed by atoms with Crippen LogP contribution in [-0.4, -0.2) is 142 Å². The van der Waals surface area contributed by atoms with E-state index in [0.717, 1.165) is 109 Å². The van der Waals surface area contributed by atoms with Gasteiger partial charge in [0, 0.05) is 102 Å². The molecular weight excluding hydrogens is 660 g/mol. The molecule has 4 amide bonds. The highest BCUT2D eigenvalue weighted by atomic mass is 16.2. The van der Waals surface area contributed by atoms with Gasteiger partial charge in [-0.05, 0) is 57.8 Å². The maximum atomic E-state index is 14.1. The third-order valence-corrected chi connectivity index (χ3v) is 12.7. The fourth-order valence-electron chi connectivity index (χ4n) is 10.2. The number of amides is 4. The number of unbranched alkanes of at least 4 members (excludes halogenated alkanes) is 2. The maximum absolute atomic E-state index is 14.1. The Labute approximate surface area is 305 Å². The molecule has 1 saturated carbocycles. The number of allylic oxidation sites excluding steroid dienone is 2. The van der Waals surface area contributed by atoms with E-state index in [4.69, 9.17) is 0 Å². The zero-order chi connectivity index (χ0) is 36.0. The standard InChI is InChI=1S/C38H50N10O4/c1-26-25-38(2)30-28(32(49)47(34(30)51)15-5-3-13-43-17-21-45(22-18-43)36-39-9-7-10-40-36)27(26)29-31(38)35(52)48(33(29)50)16-6-4-14-44-19-23-46(24-20-44)37-41-11-8-12-42-37/h7-12,25,27-31H,3-6,13-24H2,1-2H3. The summed E-state index contributed by atoms with van der Waals surface area (Å²) in [4.78, 5) is 85.8. The van der Waals surface area contributed by atoms with Crippen molar-refractivity contribution in [1.29, 1.82) is 0 Å². The molecule has 0 N–H and O–H groups in total. The molecule has 4 saturated heterocycles. The second kappa shape index (κ2) is 14.3. The van der Waals surface area contributed by atoms with Crippen molar-refractivity contribution in [3.63, 3.8) is 0 Å². The van der Waals surface area contributed by atoms with Crippen molar-refractivity contribution in [2.75, 3.05) is 88.3 Å². The highest BCUT2D eigenvalue weighted by Crippen LogP contribution is 2.65. The summed E-state index contributed by atoms with van der Waals surface area (Å²) in [5.41, 5.74) is 0.109. The van der Waals surface area contributed by atoms with Crippen LogP contribution in [-0.2, 0) is 19.2 Å². The second-order valence-corrected chi connectivity index (χ2v) is 15.6. The Morgan fingerprint density at radius 3 is 1.35 bits per heavy atom. The van der Waals surface area contributed by atoms with E-state index in [1.165, 1.54) is 9.80 Å². The minimum Gasteiger partial charge on any atom is -0.338 e. The van der Waals surface area contributed by atoms with Crippen LogP contribution in [0.3, 0.4) is 0 Å². The molecule has 0 spiro atoms. The quantitative estimate of drug-likeness (QED) is 0.180. The lowest BCUT2D eigenvalue weighted by Gasteiger charge is -2.53. The average molecular weight is 711 g/mol. The van der Waals surface area contributed by atoms with Crippen LogP contribution in [0.15, 0.2) is 48.6 Å². The van der Waals surface area contributed by atoms with Crippen LogP contribution in [0, 0.1) is 35.0 Å². The molecule has 2 bridgehead atoms. The molecule has 7 aliphatic rings. The van der Waals surface area contributed by atoms with Gasteiger partial charge in [-0.25, -0.2) is 19.9 Å². The molecule has 0 aromatic carbocycles. The number of aromatic nitrogens is 4. The number of hydrogen-bond donors (Lipinski definition) is 0. The lowest BCUT2D eigenvalue weighted by molar-refractivity contribution is -0.146. The molecule has 3 aliphatic carbocycles. The number of piperazine rings is 2. The molecule has 0 radical (unpaired) electrons. The summed E-state index contributed by atoms with van der Waals surface area (Å²) in [7, 11) is 0. The Bertz CT molecular complexity index is 1580. The minimum atomic E-state index is -0.860. The lowest BCUT2D eigenvalue weighted by atomic mass is 9.46. The van der Waals surface area contributed by atoms with Crippen molar-refractivity contribution in [3.05, 3.63) is 48.6 Å². The summed E-state index contributed by atoms with van der Waals surface area (Å²) < 4.78 is 0. The van der Waals surface area contributed by atoms with Gasteiger partial charge < -0.3 is 9.80 Å². The smallest absolute Gasteiger partial charge is 0.234 e. The Hall–Kier alpha value is -4.30. The van der Waals surface area contributed by atoms with Crippen LogP contribution in [0.1, 0.15) is 39.5 Å². The normalized spacial score (nSPS) is 30.7. The fraction of sp³-hybridized carbons (Fsp3) is 0.632. The van der Waals surface area contributed by atoms with E-state index < -0.39 is 35.0 Å². The number of nitrogens with zero attached hydrogens (tertiary/aromatic N) is 10. The topological polar surface area (TPSA) is 139 Å². The van der Waals surface area contributed by atoms with Crippen LogP contribution in [0.2, 0.25) is 0 Å². The Balaban J connectivity index is 0.832. The first-order valence-corrected chi connectivity index (χ1v) is 19.1. The molecule has 4 atom stereocenters.